The van der Waals surface area contributed by atoms with Crippen molar-refractivity contribution in [1.29, 1.82) is 0 Å². The Morgan fingerprint density at radius 3 is 2.27 bits per heavy atom. The number of benzene rings is 1. The summed E-state index contributed by atoms with van der Waals surface area (Å²) in [4.78, 5) is 11.1. The predicted molar refractivity (Wildman–Crippen MR) is 64.0 cm³/mol. The van der Waals surface area contributed by atoms with Gasteiger partial charge in [0.2, 0.25) is 0 Å². The van der Waals surface area contributed by atoms with Crippen molar-refractivity contribution in [2.24, 2.45) is 4.36 Å². The molecule has 0 saturated heterocycles. The minimum Gasteiger partial charge on any atom is -0.305 e. The van der Waals surface area contributed by atoms with Crippen molar-refractivity contribution in [1.82, 2.24) is 0 Å². The highest BCUT2D eigenvalue weighted by Gasteiger charge is 2.08. The highest BCUT2D eigenvalue weighted by Crippen LogP contribution is 2.22. The molecule has 0 radical (unpaired) electrons. The zero-order valence-corrected chi connectivity index (χ0v) is 9.73. The predicted octanol–water partition coefficient (Wildman–Crippen LogP) is 3.07. The Morgan fingerprint density at radius 2 is 1.87 bits per heavy atom. The molecular weight excluding hydrogens is 208 g/mol. The standard InChI is InChI=1S/C11H14N2OS/c1-3-8-6-5-7-9(4-2)10(8)12-11(14)13-15/h5-7H,3-4H2,1-2H3,(H,12,14). The molecule has 1 aromatic rings. The number of nitrogens with one attached hydrogen (secondary N) is 1. The van der Waals surface area contributed by atoms with Crippen molar-refractivity contribution in [3.8, 4) is 0 Å². The molecule has 15 heavy (non-hydrogen) atoms. The number of carbonyl (C=O) groups excluding carboxylic acids is 1. The summed E-state index contributed by atoms with van der Waals surface area (Å²) >= 11 is 4.35. The van der Waals surface area contributed by atoms with Gasteiger partial charge in [0.25, 0.3) is 0 Å². The van der Waals surface area contributed by atoms with Crippen LogP contribution in [0.4, 0.5) is 10.5 Å². The Bertz CT molecular complexity index is 355. The maximum absolute atomic E-state index is 11.1. The van der Waals surface area contributed by atoms with Gasteiger partial charge in [-0.2, -0.15) is 0 Å². The smallest absolute Gasteiger partial charge is 0.305 e. The van der Waals surface area contributed by atoms with Crippen LogP contribution in [0.2, 0.25) is 0 Å². The Labute approximate surface area is 95.1 Å². The maximum Gasteiger partial charge on any atom is 0.356 e. The van der Waals surface area contributed by atoms with E-state index in [0.717, 1.165) is 29.7 Å². The van der Waals surface area contributed by atoms with E-state index in [1.165, 1.54) is 0 Å². The first-order chi connectivity index (χ1) is 7.22. The molecule has 3 nitrogen and oxygen atoms in total. The van der Waals surface area contributed by atoms with Crippen LogP contribution in [0.1, 0.15) is 25.0 Å². The summed E-state index contributed by atoms with van der Waals surface area (Å²) in [6.45, 7) is 4.10. The van der Waals surface area contributed by atoms with E-state index in [4.69, 9.17) is 0 Å². The molecule has 0 heterocycles. The van der Waals surface area contributed by atoms with E-state index in [1.807, 2.05) is 18.2 Å². The fourth-order valence-corrected chi connectivity index (χ4v) is 1.58. The molecule has 1 rings (SSSR count). The van der Waals surface area contributed by atoms with Crippen LogP contribution in [-0.4, -0.2) is 6.03 Å². The van der Waals surface area contributed by atoms with Gasteiger partial charge in [0.15, 0.2) is 0 Å². The van der Waals surface area contributed by atoms with E-state index in [1.54, 1.807) is 0 Å². The number of urea groups is 1. The molecule has 0 aliphatic carbocycles. The van der Waals surface area contributed by atoms with Crippen molar-refractivity contribution in [3.05, 3.63) is 29.3 Å². The third kappa shape index (κ3) is 2.83. The second-order valence-corrected chi connectivity index (χ2v) is 3.36. The number of hydrogen-bond acceptors (Lipinski definition) is 2. The summed E-state index contributed by atoms with van der Waals surface area (Å²) < 4.78 is 3.17. The largest absolute Gasteiger partial charge is 0.356 e. The topological polar surface area (TPSA) is 41.5 Å². The molecule has 0 spiro atoms. The normalized spacial score (nSPS) is 9.73. The lowest BCUT2D eigenvalue weighted by atomic mass is 10.0. The number of hydrogen-bond donors (Lipinski definition) is 1. The minimum atomic E-state index is -0.472. The van der Waals surface area contributed by atoms with E-state index in [2.05, 4.69) is 36.0 Å². The lowest BCUT2D eigenvalue weighted by Gasteiger charge is -2.12. The van der Waals surface area contributed by atoms with E-state index < -0.39 is 6.03 Å². The van der Waals surface area contributed by atoms with Gasteiger partial charge in [-0.3, -0.25) is 0 Å². The van der Waals surface area contributed by atoms with Gasteiger partial charge in [-0.1, -0.05) is 32.0 Å². The molecule has 0 aliphatic heterocycles. The first kappa shape index (κ1) is 11.8. The summed E-state index contributed by atoms with van der Waals surface area (Å²) in [5.41, 5.74) is 3.09. The molecule has 2 amide bonds. The Hall–Kier alpha value is -1.29. The highest BCUT2D eigenvalue weighted by molar-refractivity contribution is 7.47. The number of nitrogens with zero attached hydrogens (tertiary/aromatic N) is 1. The van der Waals surface area contributed by atoms with Gasteiger partial charge in [0.05, 0.1) is 0 Å². The van der Waals surface area contributed by atoms with Crippen molar-refractivity contribution < 1.29 is 4.79 Å². The van der Waals surface area contributed by atoms with Crippen LogP contribution < -0.4 is 5.32 Å². The van der Waals surface area contributed by atoms with Gasteiger partial charge >= 0.3 is 6.03 Å². The SMILES string of the molecule is CCc1cccc(CC)c1NC(=O)N=S. The van der Waals surface area contributed by atoms with Crippen LogP contribution in [0.3, 0.4) is 0 Å². The fourth-order valence-electron chi connectivity index (χ4n) is 1.53. The third-order valence-electron chi connectivity index (χ3n) is 2.31. The van der Waals surface area contributed by atoms with E-state index in [9.17, 15) is 4.79 Å². The number of para-hydroxylation sites is 1. The Morgan fingerprint density at radius 1 is 1.33 bits per heavy atom. The molecule has 1 aromatic carbocycles. The average molecular weight is 222 g/mol. The quantitative estimate of drug-likeness (QED) is 0.854. The van der Waals surface area contributed by atoms with E-state index >= 15 is 0 Å². The lowest BCUT2D eigenvalue weighted by Crippen LogP contribution is -2.09. The second kappa shape index (κ2) is 5.56. The molecule has 80 valence electrons. The van der Waals surface area contributed by atoms with Crippen molar-refractivity contribution in [2.45, 2.75) is 26.7 Å². The van der Waals surface area contributed by atoms with Crippen LogP contribution in [-0.2, 0) is 25.3 Å². The summed E-state index contributed by atoms with van der Waals surface area (Å²) in [7, 11) is 0. The molecule has 0 bridgehead atoms. The minimum absolute atomic E-state index is 0.472. The van der Waals surface area contributed by atoms with Gasteiger partial charge in [0, 0.05) is 18.1 Å². The monoisotopic (exact) mass is 222 g/mol. The molecule has 0 saturated carbocycles. The Balaban J connectivity index is 3.10. The van der Waals surface area contributed by atoms with Crippen molar-refractivity contribution in [2.75, 3.05) is 5.32 Å². The summed E-state index contributed by atoms with van der Waals surface area (Å²) in [5, 5.41) is 2.72. The van der Waals surface area contributed by atoms with Gasteiger partial charge in [0.1, 0.15) is 0 Å². The highest BCUT2D eigenvalue weighted by atomic mass is 32.1. The van der Waals surface area contributed by atoms with Crippen molar-refractivity contribution in [3.63, 3.8) is 0 Å². The summed E-state index contributed by atoms with van der Waals surface area (Å²) in [5.74, 6) is 0. The number of carbonyl (C=O) groups is 1. The lowest BCUT2D eigenvalue weighted by molar-refractivity contribution is 0.260. The van der Waals surface area contributed by atoms with Gasteiger partial charge in [-0.05, 0) is 24.0 Å². The zero-order valence-electron chi connectivity index (χ0n) is 8.91. The molecular formula is C11H14N2OS. The first-order valence-corrected chi connectivity index (χ1v) is 5.34. The molecule has 0 atom stereocenters. The number of aryl methyl sites for hydroxylation is 2. The van der Waals surface area contributed by atoms with Crippen LogP contribution >= 0.6 is 0 Å². The first-order valence-electron chi connectivity index (χ1n) is 4.98. The van der Waals surface area contributed by atoms with Crippen LogP contribution in [0.5, 0.6) is 0 Å². The zero-order chi connectivity index (χ0) is 11.3. The number of rotatable bonds is 3. The second-order valence-electron chi connectivity index (χ2n) is 3.18. The fraction of sp³-hybridized carbons (Fsp3) is 0.364. The molecule has 0 fully saturated rings. The molecule has 1 N–H and O–H groups in total. The Kier molecular flexibility index (Phi) is 4.37. The van der Waals surface area contributed by atoms with E-state index in [0.29, 0.717) is 0 Å². The summed E-state index contributed by atoms with van der Waals surface area (Å²) in [6, 6.07) is 5.52. The molecule has 0 unspecified atom stereocenters. The number of amides is 2. The molecule has 0 aromatic heterocycles. The van der Waals surface area contributed by atoms with Gasteiger partial charge in [-0.15, -0.1) is 4.36 Å². The maximum atomic E-state index is 11.1. The number of anilines is 1. The van der Waals surface area contributed by atoms with Crippen molar-refractivity contribution >= 4 is 24.1 Å². The average Bonchev–Trinajstić information content (AvgIpc) is 2.29. The van der Waals surface area contributed by atoms with Gasteiger partial charge < -0.3 is 5.32 Å². The summed E-state index contributed by atoms with van der Waals surface area (Å²) in [6.07, 6.45) is 1.75. The van der Waals surface area contributed by atoms with Crippen LogP contribution in [0.15, 0.2) is 22.6 Å². The molecule has 0 aliphatic rings. The van der Waals surface area contributed by atoms with Crippen LogP contribution in [0.25, 0.3) is 0 Å². The molecule has 4 heteroatoms. The van der Waals surface area contributed by atoms with Gasteiger partial charge in [-0.25, -0.2) is 4.79 Å². The van der Waals surface area contributed by atoms with E-state index in [-0.39, 0.29) is 0 Å². The third-order valence-corrected chi connectivity index (χ3v) is 2.48. The van der Waals surface area contributed by atoms with Crippen LogP contribution in [0, 0.1) is 0 Å².